The third-order valence-electron chi connectivity index (χ3n) is 5.58. The predicted octanol–water partition coefficient (Wildman–Crippen LogP) is 3.75. The molecule has 0 radical (unpaired) electrons. The largest absolute Gasteiger partial charge is 0.304 e. The number of nitrogens with one attached hydrogen (secondary N) is 2. The van der Waals surface area contributed by atoms with Crippen molar-refractivity contribution >= 4 is 34.9 Å². The Labute approximate surface area is 193 Å². The Hall–Kier alpha value is -2.72. The summed E-state index contributed by atoms with van der Waals surface area (Å²) in [5, 5.41) is 9.16. The summed E-state index contributed by atoms with van der Waals surface area (Å²) in [6.45, 7) is 2.25. The SMILES string of the molecule is CCC1CCc2sc(-c3nnc(SCC(=O)NNC(=O)c4ccccc4F)n3C)cc2C1. The van der Waals surface area contributed by atoms with Crippen molar-refractivity contribution in [1.29, 1.82) is 0 Å². The first kappa shape index (κ1) is 22.5. The van der Waals surface area contributed by atoms with Gasteiger partial charge in [0.2, 0.25) is 5.91 Å². The summed E-state index contributed by atoms with van der Waals surface area (Å²) in [6, 6.07) is 7.80. The molecule has 4 rings (SSSR count). The van der Waals surface area contributed by atoms with Gasteiger partial charge in [0.1, 0.15) is 5.82 Å². The van der Waals surface area contributed by atoms with E-state index in [0.29, 0.717) is 5.16 Å². The molecule has 1 aromatic carbocycles. The minimum absolute atomic E-state index is 0.0304. The molecule has 0 bridgehead atoms. The van der Waals surface area contributed by atoms with Crippen molar-refractivity contribution in [3.63, 3.8) is 0 Å². The normalized spacial score (nSPS) is 15.3. The Morgan fingerprint density at radius 2 is 2.09 bits per heavy atom. The van der Waals surface area contributed by atoms with Gasteiger partial charge in [-0.3, -0.25) is 20.4 Å². The minimum Gasteiger partial charge on any atom is -0.304 e. The van der Waals surface area contributed by atoms with Crippen molar-refractivity contribution in [3.8, 4) is 10.7 Å². The molecule has 2 N–H and O–H groups in total. The minimum atomic E-state index is -0.714. The summed E-state index contributed by atoms with van der Waals surface area (Å²) < 4.78 is 15.5. The highest BCUT2D eigenvalue weighted by Crippen LogP contribution is 2.37. The molecule has 168 valence electrons. The number of rotatable bonds is 6. The zero-order chi connectivity index (χ0) is 22.7. The Morgan fingerprint density at radius 3 is 2.88 bits per heavy atom. The van der Waals surface area contributed by atoms with Gasteiger partial charge in [-0.1, -0.05) is 37.2 Å². The van der Waals surface area contributed by atoms with Gasteiger partial charge in [0.25, 0.3) is 5.91 Å². The van der Waals surface area contributed by atoms with Crippen LogP contribution < -0.4 is 10.9 Å². The van der Waals surface area contributed by atoms with Crippen molar-refractivity contribution in [2.24, 2.45) is 13.0 Å². The van der Waals surface area contributed by atoms with E-state index in [4.69, 9.17) is 0 Å². The van der Waals surface area contributed by atoms with Crippen LogP contribution in [0.15, 0.2) is 35.5 Å². The quantitative estimate of drug-likeness (QED) is 0.421. The predicted molar refractivity (Wildman–Crippen MR) is 123 cm³/mol. The molecule has 1 unspecified atom stereocenters. The number of thioether (sulfide) groups is 1. The number of hydrogen-bond acceptors (Lipinski definition) is 6. The number of benzene rings is 1. The van der Waals surface area contributed by atoms with Crippen molar-refractivity contribution in [3.05, 3.63) is 52.2 Å². The van der Waals surface area contributed by atoms with E-state index in [1.807, 2.05) is 11.6 Å². The molecule has 10 heteroatoms. The van der Waals surface area contributed by atoms with E-state index >= 15 is 0 Å². The van der Waals surface area contributed by atoms with Crippen LogP contribution in [0.4, 0.5) is 4.39 Å². The second-order valence-electron chi connectivity index (χ2n) is 7.71. The number of fused-ring (bicyclic) bond motifs is 1. The first-order valence-electron chi connectivity index (χ1n) is 10.4. The number of halogens is 1. The summed E-state index contributed by atoms with van der Waals surface area (Å²) in [6.07, 6.45) is 4.70. The molecule has 1 aliphatic rings. The van der Waals surface area contributed by atoms with Gasteiger partial charge in [0.05, 0.1) is 16.2 Å². The lowest BCUT2D eigenvalue weighted by molar-refractivity contribution is -0.119. The number of carbonyl (C=O) groups is 2. The molecule has 3 aromatic rings. The first-order chi connectivity index (χ1) is 15.5. The molecular formula is C22H24FN5O2S2. The van der Waals surface area contributed by atoms with Crippen LogP contribution in [-0.2, 0) is 24.7 Å². The zero-order valence-electron chi connectivity index (χ0n) is 17.9. The second-order valence-corrected chi connectivity index (χ2v) is 9.79. The Morgan fingerprint density at radius 1 is 1.28 bits per heavy atom. The van der Waals surface area contributed by atoms with Crippen LogP contribution >= 0.6 is 23.1 Å². The summed E-state index contributed by atoms with van der Waals surface area (Å²) in [4.78, 5) is 26.6. The number of hydrogen-bond donors (Lipinski definition) is 2. The number of amides is 2. The number of aryl methyl sites for hydroxylation is 1. The highest BCUT2D eigenvalue weighted by atomic mass is 32.2. The van der Waals surface area contributed by atoms with Gasteiger partial charge in [-0.25, -0.2) is 4.39 Å². The Bertz CT molecular complexity index is 1140. The first-order valence-corrected chi connectivity index (χ1v) is 12.2. The lowest BCUT2D eigenvalue weighted by Gasteiger charge is -2.19. The van der Waals surface area contributed by atoms with E-state index in [-0.39, 0.29) is 11.3 Å². The summed E-state index contributed by atoms with van der Waals surface area (Å²) in [5.41, 5.74) is 5.81. The van der Waals surface area contributed by atoms with Crippen LogP contribution in [-0.4, -0.2) is 32.3 Å². The van der Waals surface area contributed by atoms with Gasteiger partial charge < -0.3 is 4.57 Å². The molecule has 0 saturated carbocycles. The maximum Gasteiger partial charge on any atom is 0.272 e. The van der Waals surface area contributed by atoms with Crippen LogP contribution in [0.1, 0.15) is 40.6 Å². The highest BCUT2D eigenvalue weighted by molar-refractivity contribution is 7.99. The van der Waals surface area contributed by atoms with Crippen LogP contribution in [0.3, 0.4) is 0 Å². The van der Waals surface area contributed by atoms with Gasteiger partial charge in [0.15, 0.2) is 11.0 Å². The fourth-order valence-electron chi connectivity index (χ4n) is 3.72. The van der Waals surface area contributed by atoms with Crippen LogP contribution in [0.25, 0.3) is 10.7 Å². The van der Waals surface area contributed by atoms with Crippen molar-refractivity contribution in [2.45, 2.75) is 37.8 Å². The number of aromatic nitrogens is 3. The summed E-state index contributed by atoms with van der Waals surface area (Å²) >= 11 is 2.99. The molecule has 7 nitrogen and oxygen atoms in total. The second kappa shape index (κ2) is 9.83. The molecule has 0 fully saturated rings. The average molecular weight is 474 g/mol. The zero-order valence-corrected chi connectivity index (χ0v) is 19.5. The number of nitrogens with zero attached hydrogens (tertiary/aromatic N) is 3. The molecule has 0 saturated heterocycles. The Kier molecular flexibility index (Phi) is 6.90. The number of hydrazine groups is 1. The molecule has 32 heavy (non-hydrogen) atoms. The summed E-state index contributed by atoms with van der Waals surface area (Å²) in [5.74, 6) is -0.222. The molecule has 0 spiro atoms. The maximum atomic E-state index is 13.6. The topological polar surface area (TPSA) is 88.9 Å². The fourth-order valence-corrected chi connectivity index (χ4v) is 5.66. The third kappa shape index (κ3) is 4.86. The van der Waals surface area contributed by atoms with Gasteiger partial charge >= 0.3 is 0 Å². The van der Waals surface area contributed by atoms with Gasteiger partial charge in [0, 0.05) is 11.9 Å². The van der Waals surface area contributed by atoms with Crippen LogP contribution in [0.5, 0.6) is 0 Å². The number of thiophene rings is 1. The van der Waals surface area contributed by atoms with Gasteiger partial charge in [-0.05, 0) is 48.9 Å². The van der Waals surface area contributed by atoms with E-state index in [0.717, 1.165) is 29.5 Å². The average Bonchev–Trinajstić information content (AvgIpc) is 3.38. The summed E-state index contributed by atoms with van der Waals surface area (Å²) in [7, 11) is 1.88. The van der Waals surface area contributed by atoms with Crippen LogP contribution in [0, 0.1) is 11.7 Å². The molecule has 0 aliphatic heterocycles. The van der Waals surface area contributed by atoms with Crippen LogP contribution in [0.2, 0.25) is 0 Å². The van der Waals surface area contributed by atoms with Crippen molar-refractivity contribution < 1.29 is 14.0 Å². The maximum absolute atomic E-state index is 13.6. The van der Waals surface area contributed by atoms with E-state index in [1.54, 1.807) is 17.4 Å². The standard InChI is InChI=1S/C22H24FN5O2S2/c1-3-13-8-9-17-14(10-13)11-18(32-17)20-25-27-22(28(20)2)31-12-19(29)24-26-21(30)15-6-4-5-7-16(15)23/h4-7,11,13H,3,8-10,12H2,1-2H3,(H,24,29)(H,26,30). The third-order valence-corrected chi connectivity index (χ3v) is 7.84. The highest BCUT2D eigenvalue weighted by Gasteiger charge is 2.22. The number of carbonyl (C=O) groups excluding carboxylic acids is 2. The Balaban J connectivity index is 1.33. The lowest BCUT2D eigenvalue weighted by atomic mass is 9.87. The fraction of sp³-hybridized carbons (Fsp3) is 0.364. The molecule has 2 heterocycles. The van der Waals surface area contributed by atoms with Crippen molar-refractivity contribution in [2.75, 3.05) is 5.75 Å². The molecule has 2 aromatic heterocycles. The monoisotopic (exact) mass is 473 g/mol. The smallest absolute Gasteiger partial charge is 0.272 e. The lowest BCUT2D eigenvalue weighted by Crippen LogP contribution is -2.42. The molecule has 1 atom stereocenters. The van der Waals surface area contributed by atoms with Gasteiger partial charge in [-0.2, -0.15) is 0 Å². The van der Waals surface area contributed by atoms with Crippen molar-refractivity contribution in [1.82, 2.24) is 25.6 Å². The van der Waals surface area contributed by atoms with Gasteiger partial charge in [-0.15, -0.1) is 21.5 Å². The molecule has 2 amide bonds. The van der Waals surface area contributed by atoms with E-state index < -0.39 is 17.6 Å². The molecular weight excluding hydrogens is 449 g/mol. The van der Waals surface area contributed by atoms with E-state index in [1.165, 1.54) is 53.2 Å². The van der Waals surface area contributed by atoms with E-state index in [9.17, 15) is 14.0 Å². The van der Waals surface area contributed by atoms with E-state index in [2.05, 4.69) is 34.0 Å². The molecule has 1 aliphatic carbocycles.